The monoisotopic (exact) mass is 339 g/mol. The van der Waals surface area contributed by atoms with Crippen molar-refractivity contribution in [1.82, 2.24) is 0 Å². The van der Waals surface area contributed by atoms with Crippen molar-refractivity contribution in [3.05, 3.63) is 81.2 Å². The van der Waals surface area contributed by atoms with Gasteiger partial charge in [0.1, 0.15) is 11.8 Å². The van der Waals surface area contributed by atoms with Crippen LogP contribution in [0.4, 0.5) is 5.69 Å². The lowest BCUT2D eigenvalue weighted by Gasteiger charge is -2.02. The zero-order chi connectivity index (χ0) is 17.1. The van der Waals surface area contributed by atoms with Crippen LogP contribution in [0.1, 0.15) is 11.1 Å². The van der Waals surface area contributed by atoms with E-state index < -0.39 is 0 Å². The molecule has 5 heteroatoms. The Hall–Kier alpha value is -2.85. The van der Waals surface area contributed by atoms with Gasteiger partial charge in [0.05, 0.1) is 10.9 Å². The third-order valence-corrected chi connectivity index (χ3v) is 3.73. The van der Waals surface area contributed by atoms with Crippen molar-refractivity contribution in [3.63, 3.8) is 0 Å². The van der Waals surface area contributed by atoms with Gasteiger partial charge in [-0.15, -0.1) is 0 Å². The second-order valence-corrected chi connectivity index (χ2v) is 5.79. The smallest absolute Gasteiger partial charge is 0.248 e. The summed E-state index contributed by atoms with van der Waals surface area (Å²) in [5, 5.41) is 3.77. The lowest BCUT2D eigenvalue weighted by atomic mass is 10.1. The fourth-order valence-electron chi connectivity index (χ4n) is 2.26. The quantitative estimate of drug-likeness (QED) is 0.719. The Morgan fingerprint density at radius 3 is 2.67 bits per heavy atom. The van der Waals surface area contributed by atoms with Gasteiger partial charge in [0.2, 0.25) is 5.91 Å². The van der Waals surface area contributed by atoms with E-state index in [2.05, 4.69) is 5.32 Å². The van der Waals surface area contributed by atoms with Crippen molar-refractivity contribution in [2.45, 2.75) is 6.92 Å². The number of carbonyl (C=O) groups is 1. The van der Waals surface area contributed by atoms with E-state index >= 15 is 0 Å². The van der Waals surface area contributed by atoms with Crippen LogP contribution in [0.25, 0.3) is 17.0 Å². The third-order valence-electron chi connectivity index (χ3n) is 3.48. The number of carbonyl (C=O) groups excluding carboxylic acids is 1. The second-order valence-electron chi connectivity index (χ2n) is 5.35. The van der Waals surface area contributed by atoms with E-state index in [1.165, 1.54) is 18.4 Å². The lowest BCUT2D eigenvalue weighted by Crippen LogP contribution is -2.09. The number of nitrogens with one attached hydrogen (secondary N) is 1. The maximum Gasteiger partial charge on any atom is 0.248 e. The lowest BCUT2D eigenvalue weighted by molar-refractivity contribution is -0.111. The van der Waals surface area contributed by atoms with Crippen LogP contribution in [0.15, 0.2) is 64.0 Å². The van der Waals surface area contributed by atoms with Gasteiger partial charge in [-0.1, -0.05) is 23.2 Å². The summed E-state index contributed by atoms with van der Waals surface area (Å²) < 4.78 is 5.44. The first-order valence-corrected chi connectivity index (χ1v) is 7.67. The highest BCUT2D eigenvalue weighted by atomic mass is 35.5. The number of anilines is 1. The van der Waals surface area contributed by atoms with Gasteiger partial charge < -0.3 is 9.73 Å². The molecule has 4 nitrogen and oxygen atoms in total. The van der Waals surface area contributed by atoms with Gasteiger partial charge in [-0.3, -0.25) is 9.59 Å². The zero-order valence-corrected chi connectivity index (χ0v) is 13.6. The molecule has 0 bridgehead atoms. The van der Waals surface area contributed by atoms with Crippen LogP contribution in [-0.4, -0.2) is 5.91 Å². The molecule has 0 saturated heterocycles. The Labute approximate surface area is 143 Å². The van der Waals surface area contributed by atoms with Crippen molar-refractivity contribution in [2.75, 3.05) is 5.32 Å². The van der Waals surface area contributed by atoms with Gasteiger partial charge in [0, 0.05) is 16.8 Å². The molecule has 1 heterocycles. The summed E-state index contributed by atoms with van der Waals surface area (Å²) in [5.41, 5.74) is 2.26. The molecule has 0 saturated carbocycles. The molecule has 0 aliphatic rings. The predicted octanol–water partition coefficient (Wildman–Crippen LogP) is 4.41. The minimum Gasteiger partial charge on any atom is -0.463 e. The van der Waals surface area contributed by atoms with E-state index in [0.29, 0.717) is 27.2 Å². The van der Waals surface area contributed by atoms with E-state index in [0.717, 1.165) is 5.56 Å². The SMILES string of the molecule is Cc1ccc2occ(/C=C/C(=O)Nc3ccc(Cl)cc3)c(=O)c2c1. The highest BCUT2D eigenvalue weighted by Gasteiger charge is 2.05. The van der Waals surface area contributed by atoms with Crippen molar-refractivity contribution in [3.8, 4) is 0 Å². The van der Waals surface area contributed by atoms with Gasteiger partial charge in [0.15, 0.2) is 5.43 Å². The minimum absolute atomic E-state index is 0.171. The topological polar surface area (TPSA) is 59.3 Å². The standard InChI is InChI=1S/C19H14ClNO3/c1-12-2-8-17-16(10-12)19(23)13(11-24-17)3-9-18(22)21-15-6-4-14(20)5-7-15/h2-11H,1H3,(H,21,22)/b9-3+. The molecule has 24 heavy (non-hydrogen) atoms. The van der Waals surface area contributed by atoms with Crippen molar-refractivity contribution in [2.24, 2.45) is 0 Å². The number of aryl methyl sites for hydroxylation is 1. The maximum absolute atomic E-state index is 12.4. The van der Waals surface area contributed by atoms with Crippen LogP contribution in [0, 0.1) is 6.92 Å². The molecule has 1 N–H and O–H groups in total. The molecule has 3 aromatic rings. The van der Waals surface area contributed by atoms with Crippen LogP contribution in [-0.2, 0) is 4.79 Å². The molecule has 2 aromatic carbocycles. The number of benzene rings is 2. The summed E-state index contributed by atoms with van der Waals surface area (Å²) in [5.74, 6) is -0.346. The fraction of sp³-hybridized carbons (Fsp3) is 0.0526. The maximum atomic E-state index is 12.4. The molecule has 1 amide bonds. The Bertz CT molecular complexity index is 988. The molecule has 0 aliphatic heterocycles. The molecule has 0 unspecified atom stereocenters. The largest absolute Gasteiger partial charge is 0.463 e. The van der Waals surface area contributed by atoms with E-state index in [1.54, 1.807) is 36.4 Å². The zero-order valence-electron chi connectivity index (χ0n) is 12.9. The van der Waals surface area contributed by atoms with Gasteiger partial charge in [0.25, 0.3) is 0 Å². The number of amides is 1. The molecule has 0 aliphatic carbocycles. The van der Waals surface area contributed by atoms with Gasteiger partial charge in [-0.25, -0.2) is 0 Å². The Morgan fingerprint density at radius 2 is 1.92 bits per heavy atom. The first-order chi connectivity index (χ1) is 11.5. The summed E-state index contributed by atoms with van der Waals surface area (Å²) in [6.45, 7) is 1.90. The van der Waals surface area contributed by atoms with Crippen molar-refractivity contribution >= 4 is 40.2 Å². The normalized spacial score (nSPS) is 11.1. The van der Waals surface area contributed by atoms with Crippen LogP contribution in [0.5, 0.6) is 0 Å². The first-order valence-electron chi connectivity index (χ1n) is 7.30. The van der Waals surface area contributed by atoms with E-state index in [-0.39, 0.29) is 11.3 Å². The Morgan fingerprint density at radius 1 is 1.17 bits per heavy atom. The molecule has 0 atom stereocenters. The van der Waals surface area contributed by atoms with Crippen LogP contribution >= 0.6 is 11.6 Å². The summed E-state index contributed by atoms with van der Waals surface area (Å²) in [6, 6.07) is 12.2. The first kappa shape index (κ1) is 16.0. The second kappa shape index (κ2) is 6.72. The summed E-state index contributed by atoms with van der Waals surface area (Å²) >= 11 is 5.79. The predicted molar refractivity (Wildman–Crippen MR) is 96.3 cm³/mol. The average Bonchev–Trinajstić information content (AvgIpc) is 2.57. The Balaban J connectivity index is 1.82. The number of halogens is 1. The van der Waals surface area contributed by atoms with Crippen molar-refractivity contribution in [1.29, 1.82) is 0 Å². The number of hydrogen-bond donors (Lipinski definition) is 1. The molecule has 120 valence electrons. The molecule has 0 spiro atoms. The summed E-state index contributed by atoms with van der Waals surface area (Å²) in [4.78, 5) is 24.4. The molecular weight excluding hydrogens is 326 g/mol. The molecule has 0 fully saturated rings. The van der Waals surface area contributed by atoms with Crippen LogP contribution < -0.4 is 10.7 Å². The molecule has 3 rings (SSSR count). The summed E-state index contributed by atoms with van der Waals surface area (Å²) in [7, 11) is 0. The highest BCUT2D eigenvalue weighted by molar-refractivity contribution is 6.30. The van der Waals surface area contributed by atoms with Gasteiger partial charge in [-0.2, -0.15) is 0 Å². The van der Waals surface area contributed by atoms with E-state index in [1.807, 2.05) is 13.0 Å². The fourth-order valence-corrected chi connectivity index (χ4v) is 2.38. The van der Waals surface area contributed by atoms with Crippen LogP contribution in [0.3, 0.4) is 0 Å². The number of hydrogen-bond acceptors (Lipinski definition) is 3. The van der Waals surface area contributed by atoms with E-state index in [9.17, 15) is 9.59 Å². The number of fused-ring (bicyclic) bond motifs is 1. The number of rotatable bonds is 3. The van der Waals surface area contributed by atoms with Gasteiger partial charge >= 0.3 is 0 Å². The molecular formula is C19H14ClNO3. The Kier molecular flexibility index (Phi) is 4.49. The highest BCUT2D eigenvalue weighted by Crippen LogP contribution is 2.15. The molecule has 1 aromatic heterocycles. The van der Waals surface area contributed by atoms with Crippen molar-refractivity contribution < 1.29 is 9.21 Å². The average molecular weight is 340 g/mol. The van der Waals surface area contributed by atoms with Crippen LogP contribution in [0.2, 0.25) is 5.02 Å². The summed E-state index contributed by atoms with van der Waals surface area (Å²) in [6.07, 6.45) is 4.09. The van der Waals surface area contributed by atoms with Gasteiger partial charge in [-0.05, 0) is 49.4 Å². The third kappa shape index (κ3) is 3.55. The molecule has 0 radical (unpaired) electrons. The van der Waals surface area contributed by atoms with E-state index in [4.69, 9.17) is 16.0 Å². The minimum atomic E-state index is -0.346.